The Morgan fingerprint density at radius 2 is 1.96 bits per heavy atom. The van der Waals surface area contributed by atoms with Gasteiger partial charge in [0.15, 0.2) is 5.78 Å². The number of nitrogens with zero attached hydrogens (tertiary/aromatic N) is 1. The van der Waals surface area contributed by atoms with Crippen LogP contribution < -0.4 is 0 Å². The number of phenolic OH excluding ortho intramolecular Hbond substituents is 1. The Morgan fingerprint density at radius 3 is 2.52 bits per heavy atom. The van der Waals surface area contributed by atoms with Crippen LogP contribution in [0.3, 0.4) is 0 Å². The van der Waals surface area contributed by atoms with Gasteiger partial charge in [-0.15, -0.1) is 0 Å². The maximum absolute atomic E-state index is 12.9. The van der Waals surface area contributed by atoms with E-state index in [1.807, 2.05) is 0 Å². The Balaban J connectivity index is 2.54. The highest BCUT2D eigenvalue weighted by Gasteiger charge is 2.32. The smallest absolute Gasteiger partial charge is 0.448 e. The molecule has 0 aliphatic heterocycles. The largest absolute Gasteiger partial charge is 0.512 e. The lowest BCUT2D eigenvalue weighted by atomic mass is 9.84. The maximum atomic E-state index is 12.9. The molecule has 0 saturated carbocycles. The molecule has 5 N–H and O–H groups in total. The fourth-order valence-electron chi connectivity index (χ4n) is 2.69. The molecule has 0 heterocycles. The predicted octanol–water partition coefficient (Wildman–Crippen LogP) is 2.65. The van der Waals surface area contributed by atoms with Crippen LogP contribution >= 0.6 is 7.75 Å². The molecule has 1 unspecified atom stereocenters. The lowest BCUT2D eigenvalue weighted by molar-refractivity contribution is -0.116. The minimum absolute atomic E-state index is 0.0350. The van der Waals surface area contributed by atoms with Gasteiger partial charge in [-0.25, -0.2) is 4.57 Å². The molecule has 25 heavy (non-hydrogen) atoms. The SMILES string of the molecule is CCC(C(=O)C1=C(O)C=C(O)CC1=NP(=O)(O)O)c1cccc(O)c1. The standard InChI is InChI=1S/C16H18NO7P/c1-2-12(9-4-3-5-10(18)6-9)16(21)15-13(17-25(22,23)24)7-11(19)8-14(15)20/h3-6,8,12,18-20H,2,7H2,1H3,(H2,22,23,24). The van der Waals surface area contributed by atoms with Gasteiger partial charge in [-0.2, -0.15) is 4.76 Å². The summed E-state index contributed by atoms with van der Waals surface area (Å²) in [5.41, 5.74) is -0.243. The second-order valence-electron chi connectivity index (χ2n) is 5.55. The van der Waals surface area contributed by atoms with Crippen molar-refractivity contribution in [2.24, 2.45) is 4.76 Å². The Bertz CT molecular complexity index is 835. The van der Waals surface area contributed by atoms with Crippen LogP contribution in [0.25, 0.3) is 0 Å². The summed E-state index contributed by atoms with van der Waals surface area (Å²) >= 11 is 0. The number of benzene rings is 1. The average molecular weight is 367 g/mol. The minimum atomic E-state index is -4.87. The number of aliphatic hydroxyl groups excluding tert-OH is 2. The van der Waals surface area contributed by atoms with Crippen molar-refractivity contribution in [3.8, 4) is 5.75 Å². The summed E-state index contributed by atoms with van der Waals surface area (Å²) in [7, 11) is -4.87. The Kier molecular flexibility index (Phi) is 5.47. The third-order valence-electron chi connectivity index (χ3n) is 3.69. The van der Waals surface area contributed by atoms with E-state index in [-0.39, 0.29) is 29.2 Å². The second-order valence-corrected chi connectivity index (χ2v) is 6.78. The zero-order valence-electron chi connectivity index (χ0n) is 13.3. The van der Waals surface area contributed by atoms with Crippen molar-refractivity contribution in [2.45, 2.75) is 25.7 Å². The summed E-state index contributed by atoms with van der Waals surface area (Å²) in [6.45, 7) is 1.72. The van der Waals surface area contributed by atoms with Gasteiger partial charge in [0.2, 0.25) is 0 Å². The highest BCUT2D eigenvalue weighted by molar-refractivity contribution is 7.50. The van der Waals surface area contributed by atoms with Gasteiger partial charge < -0.3 is 25.1 Å². The van der Waals surface area contributed by atoms with E-state index in [2.05, 4.69) is 4.76 Å². The summed E-state index contributed by atoms with van der Waals surface area (Å²) in [5.74, 6) is -2.39. The zero-order chi connectivity index (χ0) is 18.8. The van der Waals surface area contributed by atoms with Crippen LogP contribution in [-0.2, 0) is 9.36 Å². The summed E-state index contributed by atoms with van der Waals surface area (Å²) in [4.78, 5) is 31.0. The van der Waals surface area contributed by atoms with E-state index in [1.54, 1.807) is 19.1 Å². The first-order valence-electron chi connectivity index (χ1n) is 7.43. The van der Waals surface area contributed by atoms with Gasteiger partial charge in [0, 0.05) is 18.4 Å². The van der Waals surface area contributed by atoms with Crippen molar-refractivity contribution in [1.82, 2.24) is 0 Å². The number of ketones is 1. The van der Waals surface area contributed by atoms with Crippen molar-refractivity contribution < 1.29 is 34.5 Å². The molecule has 1 atom stereocenters. The lowest BCUT2D eigenvalue weighted by Gasteiger charge is -2.21. The number of carbonyl (C=O) groups is 1. The van der Waals surface area contributed by atoms with Gasteiger partial charge in [0.05, 0.1) is 11.3 Å². The third-order valence-corrected chi connectivity index (χ3v) is 4.19. The number of hydrogen-bond acceptors (Lipinski definition) is 5. The van der Waals surface area contributed by atoms with Gasteiger partial charge in [0.25, 0.3) is 0 Å². The number of Topliss-reactive ketones (excluding diaryl/α,β-unsaturated/α-hetero) is 1. The van der Waals surface area contributed by atoms with E-state index in [1.165, 1.54) is 12.1 Å². The third kappa shape index (κ3) is 4.57. The van der Waals surface area contributed by atoms with Crippen LogP contribution in [0.2, 0.25) is 0 Å². The van der Waals surface area contributed by atoms with Gasteiger partial charge in [-0.1, -0.05) is 19.1 Å². The predicted molar refractivity (Wildman–Crippen MR) is 90.6 cm³/mol. The molecule has 0 bridgehead atoms. The van der Waals surface area contributed by atoms with Gasteiger partial charge in [0.1, 0.15) is 17.3 Å². The summed E-state index contributed by atoms with van der Waals surface area (Å²) < 4.78 is 14.4. The molecule has 8 nitrogen and oxygen atoms in total. The molecule has 0 radical (unpaired) electrons. The summed E-state index contributed by atoms with van der Waals surface area (Å²) in [6, 6.07) is 6.03. The van der Waals surface area contributed by atoms with Crippen molar-refractivity contribution in [3.05, 3.63) is 53.0 Å². The molecular weight excluding hydrogens is 349 g/mol. The molecule has 1 aliphatic carbocycles. The summed E-state index contributed by atoms with van der Waals surface area (Å²) in [5, 5.41) is 29.2. The van der Waals surface area contributed by atoms with Crippen LogP contribution in [0.4, 0.5) is 0 Å². The molecule has 0 saturated heterocycles. The molecule has 9 heteroatoms. The Morgan fingerprint density at radius 1 is 1.28 bits per heavy atom. The first kappa shape index (κ1) is 18.9. The van der Waals surface area contributed by atoms with E-state index in [0.717, 1.165) is 6.08 Å². The molecule has 2 rings (SSSR count). The van der Waals surface area contributed by atoms with E-state index < -0.39 is 25.2 Å². The Hall–Kier alpha value is -2.41. The number of phenols is 1. The van der Waals surface area contributed by atoms with Crippen molar-refractivity contribution in [2.75, 3.05) is 0 Å². The van der Waals surface area contributed by atoms with E-state index in [9.17, 15) is 24.7 Å². The molecule has 0 fully saturated rings. The van der Waals surface area contributed by atoms with E-state index in [0.29, 0.717) is 12.0 Å². The highest BCUT2D eigenvalue weighted by atomic mass is 31.2. The molecule has 134 valence electrons. The van der Waals surface area contributed by atoms with Crippen LogP contribution in [0.1, 0.15) is 31.2 Å². The zero-order valence-corrected chi connectivity index (χ0v) is 14.2. The number of aliphatic hydroxyl groups is 2. The van der Waals surface area contributed by atoms with Crippen LogP contribution in [-0.4, -0.2) is 36.6 Å². The molecule has 1 aliphatic rings. The van der Waals surface area contributed by atoms with Crippen molar-refractivity contribution in [3.63, 3.8) is 0 Å². The highest BCUT2D eigenvalue weighted by Crippen LogP contribution is 2.40. The van der Waals surface area contributed by atoms with Gasteiger partial charge in [-0.05, 0) is 24.1 Å². The summed E-state index contributed by atoms with van der Waals surface area (Å²) in [6.07, 6.45) is 0.881. The van der Waals surface area contributed by atoms with Gasteiger partial charge >= 0.3 is 7.75 Å². The quantitative estimate of drug-likeness (QED) is 0.502. The number of allylic oxidation sites excluding steroid dienone is 3. The van der Waals surface area contributed by atoms with Crippen LogP contribution in [0, 0.1) is 0 Å². The maximum Gasteiger partial charge on any atom is 0.448 e. The average Bonchev–Trinajstić information content (AvgIpc) is 2.45. The van der Waals surface area contributed by atoms with E-state index in [4.69, 9.17) is 9.79 Å². The number of rotatable bonds is 5. The number of carbonyl (C=O) groups excluding carboxylic acids is 1. The fourth-order valence-corrected chi connectivity index (χ4v) is 3.17. The fraction of sp³-hybridized carbons (Fsp3) is 0.250. The van der Waals surface area contributed by atoms with Gasteiger partial charge in [-0.3, -0.25) is 4.79 Å². The van der Waals surface area contributed by atoms with Crippen LogP contribution in [0.5, 0.6) is 5.75 Å². The van der Waals surface area contributed by atoms with E-state index >= 15 is 0 Å². The molecule has 0 spiro atoms. The minimum Gasteiger partial charge on any atom is -0.512 e. The van der Waals surface area contributed by atoms with Crippen LogP contribution in [0.15, 0.2) is 52.2 Å². The number of aromatic hydroxyl groups is 1. The van der Waals surface area contributed by atoms with Crippen molar-refractivity contribution in [1.29, 1.82) is 0 Å². The molecule has 0 aromatic heterocycles. The second kappa shape index (κ2) is 7.23. The number of hydrogen-bond donors (Lipinski definition) is 5. The topological polar surface area (TPSA) is 148 Å². The Labute approximate surface area is 143 Å². The first-order valence-corrected chi connectivity index (χ1v) is 8.99. The molecule has 1 aromatic carbocycles. The molecule has 0 amide bonds. The lowest BCUT2D eigenvalue weighted by Crippen LogP contribution is -2.24. The monoisotopic (exact) mass is 367 g/mol. The molecular formula is C16H18NO7P. The first-order chi connectivity index (χ1) is 11.6. The van der Waals surface area contributed by atoms with Crippen molar-refractivity contribution >= 4 is 19.2 Å². The normalized spacial score (nSPS) is 18.2. The molecule has 1 aromatic rings.